The number of nitrogens with one attached hydrogen (secondary N) is 1. The Labute approximate surface area is 162 Å². The monoisotopic (exact) mass is 393 g/mol. The molecule has 1 aromatic carbocycles. The molecule has 3 atom stereocenters. The Morgan fingerprint density at radius 2 is 2.04 bits per heavy atom. The Morgan fingerprint density at radius 1 is 1.29 bits per heavy atom. The van der Waals surface area contributed by atoms with Crippen LogP contribution < -0.4 is 15.1 Å². The zero-order chi connectivity index (χ0) is 19.7. The third kappa shape index (κ3) is 3.84. The lowest BCUT2D eigenvalue weighted by Gasteiger charge is -2.34. The van der Waals surface area contributed by atoms with Gasteiger partial charge in [0.15, 0.2) is 0 Å². The van der Waals surface area contributed by atoms with E-state index in [1.165, 1.54) is 18.1 Å². The number of carbonyl (C=O) groups is 2. The van der Waals surface area contributed by atoms with Crippen LogP contribution in [0.1, 0.15) is 19.3 Å². The highest BCUT2D eigenvalue weighted by molar-refractivity contribution is 5.90. The summed E-state index contributed by atoms with van der Waals surface area (Å²) in [5.74, 6) is -0.359. The fourth-order valence-electron chi connectivity index (χ4n) is 4.02. The van der Waals surface area contributed by atoms with E-state index in [0.717, 1.165) is 12.8 Å². The predicted octanol–water partition coefficient (Wildman–Crippen LogP) is 2.26. The van der Waals surface area contributed by atoms with Crippen molar-refractivity contribution in [2.45, 2.75) is 37.6 Å². The number of methoxy groups -OCH3 is 1. The molecule has 3 saturated heterocycles. The van der Waals surface area contributed by atoms with Gasteiger partial charge in [-0.3, -0.25) is 4.90 Å². The maximum atomic E-state index is 14.8. The molecule has 1 aromatic rings. The highest BCUT2D eigenvalue weighted by atomic mass is 19.1. The average molecular weight is 393 g/mol. The molecule has 3 aliphatic rings. The predicted molar refractivity (Wildman–Crippen MR) is 99.1 cm³/mol. The van der Waals surface area contributed by atoms with Crippen molar-refractivity contribution in [3.63, 3.8) is 0 Å². The van der Waals surface area contributed by atoms with Gasteiger partial charge in [-0.2, -0.15) is 0 Å². The molecule has 28 heavy (non-hydrogen) atoms. The molecule has 4 rings (SSSR count). The maximum absolute atomic E-state index is 14.8. The zero-order valence-corrected chi connectivity index (χ0v) is 15.7. The number of hydrogen-bond acceptors (Lipinski definition) is 6. The molecular weight excluding hydrogens is 369 g/mol. The summed E-state index contributed by atoms with van der Waals surface area (Å²) in [6.07, 6.45) is 1.42. The van der Waals surface area contributed by atoms with Crippen molar-refractivity contribution in [2.24, 2.45) is 0 Å². The van der Waals surface area contributed by atoms with Crippen molar-refractivity contribution in [1.29, 1.82) is 0 Å². The van der Waals surface area contributed by atoms with Crippen LogP contribution >= 0.6 is 0 Å². The Bertz CT molecular complexity index is 749. The van der Waals surface area contributed by atoms with Crippen molar-refractivity contribution >= 4 is 23.6 Å². The fourth-order valence-corrected chi connectivity index (χ4v) is 4.02. The van der Waals surface area contributed by atoms with Crippen LogP contribution in [-0.4, -0.2) is 63.8 Å². The van der Waals surface area contributed by atoms with Gasteiger partial charge in [-0.1, -0.05) is 0 Å². The summed E-state index contributed by atoms with van der Waals surface area (Å²) in [6.45, 7) is 2.01. The van der Waals surface area contributed by atoms with Crippen molar-refractivity contribution in [3.8, 4) is 0 Å². The highest BCUT2D eigenvalue weighted by Gasteiger charge is 2.36. The summed E-state index contributed by atoms with van der Waals surface area (Å²) in [4.78, 5) is 26.7. The van der Waals surface area contributed by atoms with Gasteiger partial charge in [0, 0.05) is 26.1 Å². The van der Waals surface area contributed by atoms with E-state index in [1.807, 2.05) is 4.90 Å². The van der Waals surface area contributed by atoms with Crippen LogP contribution in [0.25, 0.3) is 0 Å². The normalized spacial score (nSPS) is 26.4. The second-order valence-electron chi connectivity index (χ2n) is 7.32. The zero-order valence-electron chi connectivity index (χ0n) is 15.7. The Balaban J connectivity index is 1.38. The van der Waals surface area contributed by atoms with Gasteiger partial charge in [0.1, 0.15) is 11.9 Å². The number of anilines is 2. The standard InChI is InChI=1S/C19H24FN3O5/c1-26-18(24)21-7-6-15-11-23(19(25)28-15)12-2-5-17(16(20)8-12)22-9-13-3-4-14(10-22)27-13/h2,5,8,13-15H,3-4,6-7,9-11H2,1H3,(H,21,24)/t13?,14?,15-/m0/s1. The number of alkyl carbamates (subject to hydrolysis) is 1. The number of halogens is 1. The first-order valence-corrected chi connectivity index (χ1v) is 9.53. The van der Waals surface area contributed by atoms with E-state index in [4.69, 9.17) is 9.47 Å². The first-order chi connectivity index (χ1) is 13.5. The molecule has 3 heterocycles. The smallest absolute Gasteiger partial charge is 0.414 e. The lowest BCUT2D eigenvalue weighted by Crippen LogP contribution is -2.43. The largest absolute Gasteiger partial charge is 0.453 e. The number of hydrogen-bond donors (Lipinski definition) is 1. The molecule has 1 N–H and O–H groups in total. The minimum atomic E-state index is -0.532. The first-order valence-electron chi connectivity index (χ1n) is 9.53. The van der Waals surface area contributed by atoms with Crippen LogP contribution in [0, 0.1) is 5.82 Å². The van der Waals surface area contributed by atoms with Gasteiger partial charge in [0.2, 0.25) is 0 Å². The minimum absolute atomic E-state index is 0.172. The van der Waals surface area contributed by atoms with Crippen LogP contribution in [0.4, 0.5) is 25.4 Å². The summed E-state index contributed by atoms with van der Waals surface area (Å²) in [6, 6.07) is 4.84. The molecule has 3 fully saturated rings. The number of rotatable bonds is 5. The van der Waals surface area contributed by atoms with Crippen molar-refractivity contribution in [3.05, 3.63) is 24.0 Å². The summed E-state index contributed by atoms with van der Waals surface area (Å²) in [5, 5.41) is 2.55. The van der Waals surface area contributed by atoms with Crippen LogP contribution in [0.15, 0.2) is 18.2 Å². The number of benzene rings is 1. The number of ether oxygens (including phenoxy) is 3. The molecule has 0 radical (unpaired) electrons. The highest BCUT2D eigenvalue weighted by Crippen LogP contribution is 2.33. The van der Waals surface area contributed by atoms with Gasteiger partial charge in [0.05, 0.1) is 37.2 Å². The molecular formula is C19H24FN3O5. The molecule has 152 valence electrons. The Morgan fingerprint density at radius 3 is 2.71 bits per heavy atom. The van der Waals surface area contributed by atoms with Gasteiger partial charge in [-0.25, -0.2) is 14.0 Å². The lowest BCUT2D eigenvalue weighted by atomic mass is 10.2. The molecule has 2 amide bonds. The molecule has 2 bridgehead atoms. The van der Waals surface area contributed by atoms with E-state index in [-0.39, 0.29) is 24.1 Å². The van der Waals surface area contributed by atoms with Gasteiger partial charge >= 0.3 is 12.2 Å². The number of morpholine rings is 1. The molecule has 2 unspecified atom stereocenters. The van der Waals surface area contributed by atoms with Gasteiger partial charge < -0.3 is 24.4 Å². The lowest BCUT2D eigenvalue weighted by molar-refractivity contribution is 0.0303. The summed E-state index contributed by atoms with van der Waals surface area (Å²) in [5.41, 5.74) is 1.00. The van der Waals surface area contributed by atoms with E-state index < -0.39 is 12.2 Å². The van der Waals surface area contributed by atoms with Crippen LogP contribution in [0.2, 0.25) is 0 Å². The summed E-state index contributed by atoms with van der Waals surface area (Å²) >= 11 is 0. The first kappa shape index (κ1) is 18.8. The van der Waals surface area contributed by atoms with E-state index in [2.05, 4.69) is 10.1 Å². The van der Waals surface area contributed by atoms with Crippen LogP contribution in [-0.2, 0) is 14.2 Å². The van der Waals surface area contributed by atoms with E-state index >= 15 is 0 Å². The quantitative estimate of drug-likeness (QED) is 0.827. The van der Waals surface area contributed by atoms with E-state index in [0.29, 0.717) is 44.0 Å². The topological polar surface area (TPSA) is 80.3 Å². The van der Waals surface area contributed by atoms with Gasteiger partial charge in [-0.05, 0) is 31.0 Å². The molecule has 0 spiro atoms. The molecule has 3 aliphatic heterocycles. The van der Waals surface area contributed by atoms with E-state index in [1.54, 1.807) is 12.1 Å². The molecule has 0 aromatic heterocycles. The minimum Gasteiger partial charge on any atom is -0.453 e. The average Bonchev–Trinajstić information content (AvgIpc) is 3.22. The number of nitrogens with zero attached hydrogens (tertiary/aromatic N) is 2. The Kier molecular flexibility index (Phi) is 5.25. The Hall–Kier alpha value is -2.55. The van der Waals surface area contributed by atoms with Crippen LogP contribution in [0.3, 0.4) is 0 Å². The SMILES string of the molecule is COC(=O)NCC[C@H]1CN(c2ccc(N3CC4CCC(C3)O4)c(F)c2)C(=O)O1. The number of carbonyl (C=O) groups excluding carboxylic acids is 2. The molecule has 0 aliphatic carbocycles. The third-order valence-corrected chi connectivity index (χ3v) is 5.42. The van der Waals surface area contributed by atoms with Gasteiger partial charge in [0.25, 0.3) is 0 Å². The maximum Gasteiger partial charge on any atom is 0.414 e. The van der Waals surface area contributed by atoms with Crippen molar-refractivity contribution in [2.75, 3.05) is 43.1 Å². The molecule has 0 saturated carbocycles. The number of fused-ring (bicyclic) bond motifs is 2. The second-order valence-corrected chi connectivity index (χ2v) is 7.32. The number of cyclic esters (lactones) is 1. The van der Waals surface area contributed by atoms with Gasteiger partial charge in [-0.15, -0.1) is 0 Å². The summed E-state index contributed by atoms with van der Waals surface area (Å²) in [7, 11) is 1.28. The number of amides is 2. The van der Waals surface area contributed by atoms with Crippen molar-refractivity contribution in [1.82, 2.24) is 5.32 Å². The molecule has 9 heteroatoms. The third-order valence-electron chi connectivity index (χ3n) is 5.42. The van der Waals surface area contributed by atoms with Crippen LogP contribution in [0.5, 0.6) is 0 Å². The molecule has 8 nitrogen and oxygen atoms in total. The van der Waals surface area contributed by atoms with E-state index in [9.17, 15) is 14.0 Å². The second kappa shape index (κ2) is 7.83. The fraction of sp³-hybridized carbons (Fsp3) is 0.579. The van der Waals surface area contributed by atoms with Crippen molar-refractivity contribution < 1.29 is 28.2 Å². The summed E-state index contributed by atoms with van der Waals surface area (Å²) < 4.78 is 30.4.